The summed E-state index contributed by atoms with van der Waals surface area (Å²) in [4.78, 5) is 0.0891. The summed E-state index contributed by atoms with van der Waals surface area (Å²) >= 11 is 0. The number of ether oxygens (including phenoxy) is 1. The zero-order valence-electron chi connectivity index (χ0n) is 12.6. The van der Waals surface area contributed by atoms with E-state index in [1.165, 1.54) is 6.07 Å². The Labute approximate surface area is 121 Å². The number of nitrogens with one attached hydrogen (secondary N) is 1. The molecule has 3 N–H and O–H groups in total. The van der Waals surface area contributed by atoms with Crippen LogP contribution in [0.15, 0.2) is 23.1 Å². The molecule has 0 saturated heterocycles. The van der Waals surface area contributed by atoms with Crippen molar-refractivity contribution in [3.05, 3.63) is 18.2 Å². The molecule has 0 aliphatic rings. The summed E-state index contributed by atoms with van der Waals surface area (Å²) in [7, 11) is -3.63. The molecule has 0 aliphatic heterocycles. The maximum atomic E-state index is 12.4. The Bertz CT molecular complexity index is 554. The number of benzene rings is 1. The summed E-state index contributed by atoms with van der Waals surface area (Å²) in [5, 5.41) is 0. The van der Waals surface area contributed by atoms with Gasteiger partial charge in [0.05, 0.1) is 6.61 Å². The van der Waals surface area contributed by atoms with Gasteiger partial charge in [-0.1, -0.05) is 20.8 Å². The van der Waals surface area contributed by atoms with Crippen molar-refractivity contribution in [1.29, 1.82) is 0 Å². The normalized spacial score (nSPS) is 12.4. The fraction of sp³-hybridized carbons (Fsp3) is 0.571. The van der Waals surface area contributed by atoms with Crippen LogP contribution in [0.2, 0.25) is 0 Å². The van der Waals surface area contributed by atoms with Gasteiger partial charge in [0.1, 0.15) is 10.6 Å². The Hall–Kier alpha value is -1.27. The Morgan fingerprint density at radius 1 is 1.30 bits per heavy atom. The van der Waals surface area contributed by atoms with E-state index in [0.717, 1.165) is 6.42 Å². The van der Waals surface area contributed by atoms with E-state index in [1.807, 2.05) is 20.8 Å². The molecule has 0 unspecified atom stereocenters. The van der Waals surface area contributed by atoms with Crippen molar-refractivity contribution < 1.29 is 13.2 Å². The first kappa shape index (κ1) is 16.8. The minimum Gasteiger partial charge on any atom is -0.492 e. The number of sulfonamides is 1. The van der Waals surface area contributed by atoms with Crippen molar-refractivity contribution in [2.45, 2.75) is 39.0 Å². The molecule has 0 heterocycles. The van der Waals surface area contributed by atoms with Gasteiger partial charge in [-0.2, -0.15) is 0 Å². The standard InChI is InChI=1S/C14H24N2O3S/c1-5-14(3,4)10-16-20(17,18)13-9-11(15)7-8-12(13)19-6-2/h7-9,16H,5-6,10,15H2,1-4H3. The summed E-state index contributed by atoms with van der Waals surface area (Å²) in [5.74, 6) is 0.323. The van der Waals surface area contributed by atoms with Gasteiger partial charge in [-0.3, -0.25) is 0 Å². The molecule has 0 saturated carbocycles. The van der Waals surface area contributed by atoms with Crippen molar-refractivity contribution in [2.24, 2.45) is 5.41 Å². The Morgan fingerprint density at radius 2 is 1.95 bits per heavy atom. The smallest absolute Gasteiger partial charge is 0.244 e. The van der Waals surface area contributed by atoms with Crippen LogP contribution in [0.4, 0.5) is 5.69 Å². The molecular formula is C14H24N2O3S. The van der Waals surface area contributed by atoms with Gasteiger partial charge < -0.3 is 10.5 Å². The second-order valence-electron chi connectivity index (χ2n) is 5.48. The van der Waals surface area contributed by atoms with Gasteiger partial charge in [0.15, 0.2) is 0 Å². The van der Waals surface area contributed by atoms with E-state index in [1.54, 1.807) is 19.1 Å². The number of rotatable bonds is 7. The molecule has 1 aromatic carbocycles. The van der Waals surface area contributed by atoms with Crippen LogP contribution in [0.25, 0.3) is 0 Å². The molecule has 0 aromatic heterocycles. The third kappa shape index (κ3) is 4.38. The van der Waals surface area contributed by atoms with E-state index in [9.17, 15) is 8.42 Å². The van der Waals surface area contributed by atoms with Crippen LogP contribution in [0.5, 0.6) is 5.75 Å². The minimum absolute atomic E-state index is 0.0891. The summed E-state index contributed by atoms with van der Waals surface area (Å²) in [6, 6.07) is 4.63. The molecule has 114 valence electrons. The predicted molar refractivity (Wildman–Crippen MR) is 81.3 cm³/mol. The van der Waals surface area contributed by atoms with E-state index in [0.29, 0.717) is 24.6 Å². The molecule has 0 bridgehead atoms. The quantitative estimate of drug-likeness (QED) is 0.758. The number of hydrogen-bond acceptors (Lipinski definition) is 4. The number of anilines is 1. The Morgan fingerprint density at radius 3 is 2.50 bits per heavy atom. The Kier molecular flexibility index (Phi) is 5.42. The predicted octanol–water partition coefficient (Wildman–Crippen LogP) is 2.38. The maximum Gasteiger partial charge on any atom is 0.244 e. The molecule has 1 aromatic rings. The lowest BCUT2D eigenvalue weighted by atomic mass is 9.91. The molecule has 6 heteroatoms. The maximum absolute atomic E-state index is 12.4. The first-order valence-electron chi connectivity index (χ1n) is 6.74. The molecule has 5 nitrogen and oxygen atoms in total. The number of nitrogens with two attached hydrogens (primary N) is 1. The van der Waals surface area contributed by atoms with Gasteiger partial charge in [0.2, 0.25) is 10.0 Å². The van der Waals surface area contributed by atoms with Crippen LogP contribution >= 0.6 is 0 Å². The minimum atomic E-state index is -3.63. The molecule has 20 heavy (non-hydrogen) atoms. The highest BCUT2D eigenvalue weighted by Gasteiger charge is 2.23. The number of hydrogen-bond donors (Lipinski definition) is 2. The lowest BCUT2D eigenvalue weighted by molar-refractivity contribution is 0.329. The van der Waals surface area contributed by atoms with Crippen molar-refractivity contribution >= 4 is 15.7 Å². The molecule has 0 atom stereocenters. The first-order chi connectivity index (χ1) is 9.22. The van der Waals surface area contributed by atoms with E-state index in [2.05, 4.69) is 4.72 Å². The van der Waals surface area contributed by atoms with E-state index in [-0.39, 0.29) is 10.3 Å². The van der Waals surface area contributed by atoms with Crippen LogP contribution in [-0.2, 0) is 10.0 Å². The van der Waals surface area contributed by atoms with Crippen molar-refractivity contribution in [1.82, 2.24) is 4.72 Å². The van der Waals surface area contributed by atoms with Gasteiger partial charge in [0.25, 0.3) is 0 Å². The van der Waals surface area contributed by atoms with E-state index < -0.39 is 10.0 Å². The van der Waals surface area contributed by atoms with Crippen molar-refractivity contribution in [3.8, 4) is 5.75 Å². The summed E-state index contributed by atoms with van der Waals surface area (Å²) in [5.41, 5.74) is 5.97. The lowest BCUT2D eigenvalue weighted by Gasteiger charge is -2.23. The van der Waals surface area contributed by atoms with Gasteiger partial charge in [-0.05, 0) is 37.0 Å². The summed E-state index contributed by atoms with van der Waals surface area (Å²) in [6.45, 7) is 8.62. The summed E-state index contributed by atoms with van der Waals surface area (Å²) in [6.07, 6.45) is 0.880. The van der Waals surface area contributed by atoms with Gasteiger partial charge in [0, 0.05) is 12.2 Å². The van der Waals surface area contributed by atoms with Crippen molar-refractivity contribution in [3.63, 3.8) is 0 Å². The van der Waals surface area contributed by atoms with E-state index >= 15 is 0 Å². The number of nitrogen functional groups attached to an aromatic ring is 1. The molecular weight excluding hydrogens is 276 g/mol. The van der Waals surface area contributed by atoms with Crippen LogP contribution in [-0.4, -0.2) is 21.6 Å². The highest BCUT2D eigenvalue weighted by Crippen LogP contribution is 2.27. The van der Waals surface area contributed by atoms with Gasteiger partial charge in [-0.15, -0.1) is 0 Å². The fourth-order valence-corrected chi connectivity index (χ4v) is 2.92. The highest BCUT2D eigenvalue weighted by molar-refractivity contribution is 7.89. The van der Waals surface area contributed by atoms with E-state index in [4.69, 9.17) is 10.5 Å². The molecule has 1 rings (SSSR count). The molecule has 0 aliphatic carbocycles. The van der Waals surface area contributed by atoms with Gasteiger partial charge in [-0.25, -0.2) is 13.1 Å². The summed E-state index contributed by atoms with van der Waals surface area (Å²) < 4.78 is 32.8. The highest BCUT2D eigenvalue weighted by atomic mass is 32.2. The van der Waals surface area contributed by atoms with Crippen LogP contribution in [0, 0.1) is 5.41 Å². The van der Waals surface area contributed by atoms with Crippen LogP contribution < -0.4 is 15.2 Å². The fourth-order valence-electron chi connectivity index (χ4n) is 1.50. The van der Waals surface area contributed by atoms with Crippen molar-refractivity contribution in [2.75, 3.05) is 18.9 Å². The third-order valence-corrected chi connectivity index (χ3v) is 4.68. The van der Waals surface area contributed by atoms with Crippen LogP contribution in [0.3, 0.4) is 0 Å². The first-order valence-corrected chi connectivity index (χ1v) is 8.22. The average Bonchev–Trinajstić information content (AvgIpc) is 2.39. The lowest BCUT2D eigenvalue weighted by Crippen LogP contribution is -2.33. The largest absolute Gasteiger partial charge is 0.492 e. The second-order valence-corrected chi connectivity index (χ2v) is 7.22. The molecule has 0 amide bonds. The zero-order valence-corrected chi connectivity index (χ0v) is 13.4. The molecule has 0 fully saturated rings. The third-order valence-electron chi connectivity index (χ3n) is 3.25. The zero-order chi connectivity index (χ0) is 15.4. The second kappa shape index (κ2) is 6.45. The average molecular weight is 300 g/mol. The molecule has 0 spiro atoms. The van der Waals surface area contributed by atoms with Gasteiger partial charge >= 0.3 is 0 Å². The Balaban J connectivity index is 3.05. The monoisotopic (exact) mass is 300 g/mol. The topological polar surface area (TPSA) is 81.4 Å². The molecule has 0 radical (unpaired) electrons. The SMILES string of the molecule is CCOc1ccc(N)cc1S(=O)(=O)NCC(C)(C)CC. The van der Waals surface area contributed by atoms with Crippen LogP contribution in [0.1, 0.15) is 34.1 Å².